The lowest BCUT2D eigenvalue weighted by molar-refractivity contribution is 0.218. The van der Waals surface area contributed by atoms with Crippen molar-refractivity contribution in [3.8, 4) is 11.8 Å². The molecule has 4 rings (SSSR count). The largest absolute Gasteiger partial charge is 0.487 e. The minimum absolute atomic E-state index is 0.261. The van der Waals surface area contributed by atoms with E-state index in [0.717, 1.165) is 49.9 Å². The molecule has 0 spiro atoms. The van der Waals surface area contributed by atoms with Crippen molar-refractivity contribution >= 4 is 54.4 Å². The molecule has 1 aliphatic carbocycles. The molecule has 7 heteroatoms. The summed E-state index contributed by atoms with van der Waals surface area (Å²) in [5.41, 5.74) is 3.94. The second-order valence-corrected chi connectivity index (χ2v) is 12.4. The summed E-state index contributed by atoms with van der Waals surface area (Å²) in [6.45, 7) is 7.21. The Balaban J connectivity index is 1.52. The zero-order valence-electron chi connectivity index (χ0n) is 19.3. The van der Waals surface area contributed by atoms with Gasteiger partial charge in [-0.1, -0.05) is 32.9 Å². The molecule has 0 unspecified atom stereocenters. The molecule has 1 heterocycles. The van der Waals surface area contributed by atoms with Crippen LogP contribution in [0.2, 0.25) is 0 Å². The fourth-order valence-corrected chi connectivity index (χ4v) is 6.85. The van der Waals surface area contributed by atoms with Crippen molar-refractivity contribution in [2.75, 3.05) is 0 Å². The smallest absolute Gasteiger partial charge is 0.148 e. The molecule has 0 aliphatic heterocycles. The number of nitriles is 1. The molecular formula is C27H25Br2FN2OS. The molecule has 0 radical (unpaired) electrons. The molecule has 2 aromatic carbocycles. The second kappa shape index (κ2) is 10.3. The molecule has 0 saturated heterocycles. The summed E-state index contributed by atoms with van der Waals surface area (Å²) < 4.78 is 20.6. The lowest BCUT2D eigenvalue weighted by atomic mass is 9.72. The van der Waals surface area contributed by atoms with Crippen LogP contribution < -0.4 is 4.74 Å². The summed E-state index contributed by atoms with van der Waals surface area (Å²) in [6, 6.07) is 12.5. The standard InChI is InChI=1S/C27H25Br2FN2OS/c1-27(2,3)18-6-9-20-21(13-31)26(34-24(20)12-18)32-14-17-10-22(28)25(23(29)11-17)33-15-16-4-7-19(30)8-5-16/h4-5,7-8,10-11,14,18H,6,9,12,15H2,1-3H3/t18-/m0/s1. The molecular weight excluding hydrogens is 579 g/mol. The Bertz CT molecular complexity index is 1250. The van der Waals surface area contributed by atoms with Gasteiger partial charge in [-0.2, -0.15) is 5.26 Å². The minimum atomic E-state index is -0.269. The van der Waals surface area contributed by atoms with Gasteiger partial charge in [0, 0.05) is 11.1 Å². The van der Waals surface area contributed by atoms with Crippen LogP contribution >= 0.6 is 43.2 Å². The molecule has 1 atom stereocenters. The van der Waals surface area contributed by atoms with Gasteiger partial charge >= 0.3 is 0 Å². The quantitative estimate of drug-likeness (QED) is 0.274. The van der Waals surface area contributed by atoms with E-state index in [1.165, 1.54) is 22.6 Å². The van der Waals surface area contributed by atoms with E-state index in [-0.39, 0.29) is 11.2 Å². The number of rotatable bonds is 5. The van der Waals surface area contributed by atoms with Crippen LogP contribution in [0.4, 0.5) is 9.39 Å². The molecule has 0 saturated carbocycles. The van der Waals surface area contributed by atoms with Gasteiger partial charge in [-0.25, -0.2) is 9.38 Å². The second-order valence-electron chi connectivity index (χ2n) is 9.59. The number of aliphatic imine (C=N–C) groups is 1. The van der Waals surface area contributed by atoms with Crippen LogP contribution in [0.1, 0.15) is 54.3 Å². The van der Waals surface area contributed by atoms with Crippen molar-refractivity contribution in [3.63, 3.8) is 0 Å². The Kier molecular flexibility index (Phi) is 7.61. The maximum atomic E-state index is 13.1. The Labute approximate surface area is 220 Å². The van der Waals surface area contributed by atoms with Gasteiger partial charge in [0.25, 0.3) is 0 Å². The minimum Gasteiger partial charge on any atom is -0.487 e. The van der Waals surface area contributed by atoms with Crippen LogP contribution in [0.15, 0.2) is 50.3 Å². The van der Waals surface area contributed by atoms with Crippen LogP contribution in [-0.4, -0.2) is 6.21 Å². The van der Waals surface area contributed by atoms with Crippen molar-refractivity contribution in [2.45, 2.75) is 46.6 Å². The van der Waals surface area contributed by atoms with Crippen LogP contribution in [0.5, 0.6) is 5.75 Å². The molecule has 34 heavy (non-hydrogen) atoms. The molecule has 0 amide bonds. The molecule has 0 bridgehead atoms. The van der Waals surface area contributed by atoms with Crippen molar-refractivity contribution in [1.82, 2.24) is 0 Å². The third-order valence-corrected chi connectivity index (χ3v) is 8.57. The molecule has 1 aliphatic rings. The van der Waals surface area contributed by atoms with E-state index >= 15 is 0 Å². The predicted molar refractivity (Wildman–Crippen MR) is 144 cm³/mol. The number of nitrogens with zero attached hydrogens (tertiary/aromatic N) is 2. The monoisotopic (exact) mass is 602 g/mol. The van der Waals surface area contributed by atoms with Crippen LogP contribution in [0, 0.1) is 28.5 Å². The molecule has 3 nitrogen and oxygen atoms in total. The van der Waals surface area contributed by atoms with E-state index in [1.54, 1.807) is 29.7 Å². The summed E-state index contributed by atoms with van der Waals surface area (Å²) in [4.78, 5) is 6.01. The first kappa shape index (κ1) is 25.1. The zero-order valence-corrected chi connectivity index (χ0v) is 23.3. The van der Waals surface area contributed by atoms with E-state index < -0.39 is 0 Å². The highest BCUT2D eigenvalue weighted by atomic mass is 79.9. The van der Waals surface area contributed by atoms with E-state index in [2.05, 4.69) is 58.7 Å². The Morgan fingerprint density at radius 2 is 1.88 bits per heavy atom. The highest BCUT2D eigenvalue weighted by molar-refractivity contribution is 9.11. The number of ether oxygens (including phenoxy) is 1. The van der Waals surface area contributed by atoms with Crippen molar-refractivity contribution in [3.05, 3.63) is 78.3 Å². The van der Waals surface area contributed by atoms with E-state index in [4.69, 9.17) is 9.73 Å². The van der Waals surface area contributed by atoms with Gasteiger partial charge in [0.1, 0.15) is 29.2 Å². The number of hydrogen-bond acceptors (Lipinski definition) is 4. The summed E-state index contributed by atoms with van der Waals surface area (Å²) >= 11 is 8.81. The maximum absolute atomic E-state index is 13.1. The fraction of sp³-hybridized carbons (Fsp3) is 0.333. The van der Waals surface area contributed by atoms with Gasteiger partial charge in [0.15, 0.2) is 0 Å². The van der Waals surface area contributed by atoms with Gasteiger partial charge in [-0.3, -0.25) is 0 Å². The molecule has 3 aromatic rings. The first-order chi connectivity index (χ1) is 16.2. The van der Waals surface area contributed by atoms with Gasteiger partial charge < -0.3 is 4.74 Å². The summed E-state index contributed by atoms with van der Waals surface area (Å²) in [6.07, 6.45) is 4.87. The normalized spacial score (nSPS) is 15.9. The average Bonchev–Trinajstić information content (AvgIpc) is 3.14. The van der Waals surface area contributed by atoms with Crippen LogP contribution in [-0.2, 0) is 19.4 Å². The lowest BCUT2D eigenvalue weighted by Gasteiger charge is -2.33. The SMILES string of the molecule is CC(C)(C)[C@H]1CCc2c(sc(N=Cc3cc(Br)c(OCc4ccc(F)cc4)c(Br)c3)c2C#N)C1. The van der Waals surface area contributed by atoms with Gasteiger partial charge in [-0.05, 0) is 103 Å². The molecule has 1 aromatic heterocycles. The zero-order chi connectivity index (χ0) is 24.5. The average molecular weight is 604 g/mol. The molecule has 0 fully saturated rings. The number of benzene rings is 2. The Morgan fingerprint density at radius 1 is 1.21 bits per heavy atom. The first-order valence-electron chi connectivity index (χ1n) is 11.1. The van der Waals surface area contributed by atoms with E-state index in [1.807, 2.05) is 12.1 Å². The number of hydrogen-bond donors (Lipinski definition) is 0. The Hall–Kier alpha value is -2.01. The maximum Gasteiger partial charge on any atom is 0.148 e. The molecule has 176 valence electrons. The highest BCUT2D eigenvalue weighted by Gasteiger charge is 2.32. The molecule has 0 N–H and O–H groups in total. The number of halogens is 3. The first-order valence-corrected chi connectivity index (χ1v) is 13.5. The number of thiophene rings is 1. The van der Waals surface area contributed by atoms with Crippen LogP contribution in [0.25, 0.3) is 0 Å². The predicted octanol–water partition coefficient (Wildman–Crippen LogP) is 8.76. The fourth-order valence-electron chi connectivity index (χ4n) is 4.18. The Morgan fingerprint density at radius 3 is 2.50 bits per heavy atom. The third kappa shape index (κ3) is 5.62. The highest BCUT2D eigenvalue weighted by Crippen LogP contribution is 2.45. The summed E-state index contributed by atoms with van der Waals surface area (Å²) in [5, 5.41) is 10.6. The van der Waals surface area contributed by atoms with Crippen LogP contribution in [0.3, 0.4) is 0 Å². The summed E-state index contributed by atoms with van der Waals surface area (Å²) in [7, 11) is 0. The van der Waals surface area contributed by atoms with Gasteiger partial charge in [0.2, 0.25) is 0 Å². The van der Waals surface area contributed by atoms with Crippen molar-refractivity contribution < 1.29 is 9.13 Å². The third-order valence-electron chi connectivity index (χ3n) is 6.23. The van der Waals surface area contributed by atoms with Gasteiger partial charge in [0.05, 0.1) is 14.5 Å². The van der Waals surface area contributed by atoms with Crippen molar-refractivity contribution in [1.29, 1.82) is 5.26 Å². The van der Waals surface area contributed by atoms with E-state index in [9.17, 15) is 9.65 Å². The van der Waals surface area contributed by atoms with Crippen molar-refractivity contribution in [2.24, 2.45) is 16.3 Å². The van der Waals surface area contributed by atoms with E-state index in [0.29, 0.717) is 18.3 Å². The summed E-state index contributed by atoms with van der Waals surface area (Å²) in [5.74, 6) is 1.02. The van der Waals surface area contributed by atoms with Gasteiger partial charge in [-0.15, -0.1) is 11.3 Å². The number of fused-ring (bicyclic) bond motifs is 1. The topological polar surface area (TPSA) is 45.4 Å². The lowest BCUT2D eigenvalue weighted by Crippen LogP contribution is -2.26.